The minimum absolute atomic E-state index is 0. The smallest absolute Gasteiger partial charge is 0.0849 e. The molecule has 32 heavy (non-hydrogen) atoms. The average molecular weight is 473 g/mol. The number of nitrogens with zero attached hydrogens (tertiary/aromatic N) is 3. The zero-order valence-corrected chi connectivity index (χ0v) is 21.6. The van der Waals surface area contributed by atoms with Gasteiger partial charge in [0.25, 0.3) is 0 Å². The van der Waals surface area contributed by atoms with Gasteiger partial charge >= 0.3 is 0 Å². The molecule has 2 aliphatic rings. The molecule has 0 atom stereocenters. The van der Waals surface area contributed by atoms with Crippen molar-refractivity contribution in [3.63, 3.8) is 0 Å². The van der Waals surface area contributed by atoms with Gasteiger partial charge in [0.05, 0.1) is 34.5 Å². The van der Waals surface area contributed by atoms with E-state index in [0.29, 0.717) is 6.04 Å². The van der Waals surface area contributed by atoms with Gasteiger partial charge in [0, 0.05) is 17.1 Å². The second-order valence-corrected chi connectivity index (χ2v) is 9.27. The fraction of sp³-hybridized carbons (Fsp3) is 0.536. The zero-order chi connectivity index (χ0) is 22.2. The fourth-order valence-electron chi connectivity index (χ4n) is 4.67. The van der Waals surface area contributed by atoms with Gasteiger partial charge in [-0.1, -0.05) is 68.7 Å². The Balaban J connectivity index is 0.000000534. The minimum atomic E-state index is 0. The molecule has 0 N–H and O–H groups in total. The van der Waals surface area contributed by atoms with Crippen LogP contribution in [0.25, 0.3) is 0 Å². The summed E-state index contributed by atoms with van der Waals surface area (Å²) in [5, 5.41) is 0. The summed E-state index contributed by atoms with van der Waals surface area (Å²) in [5.41, 5.74) is 8.59. The third kappa shape index (κ3) is 7.67. The molecular formula is C28H39FeN3. The molecule has 174 valence electrons. The Bertz CT molecular complexity index is 905. The zero-order valence-electron chi connectivity index (χ0n) is 20.5. The van der Waals surface area contributed by atoms with Gasteiger partial charge in [-0.2, -0.15) is 0 Å². The second kappa shape index (κ2) is 13.1. The van der Waals surface area contributed by atoms with Crippen LogP contribution in [0.1, 0.15) is 99.7 Å². The third-order valence-corrected chi connectivity index (χ3v) is 6.36. The van der Waals surface area contributed by atoms with Gasteiger partial charge in [0.2, 0.25) is 0 Å². The molecule has 1 heterocycles. The summed E-state index contributed by atoms with van der Waals surface area (Å²) in [4.78, 5) is 14.6. The molecule has 4 heteroatoms. The van der Waals surface area contributed by atoms with E-state index in [9.17, 15) is 0 Å². The first-order chi connectivity index (χ1) is 14.9. The Hall–Kier alpha value is -1.77. The quantitative estimate of drug-likeness (QED) is 0.329. The number of benzene rings is 1. The number of rotatable bonds is 4. The standard InChI is InChI=1S/C23H29N3.C5H10.Fe/c1-15-13-16(2)23(17(3)14-15)25-19(5)22-12-8-11-21(26-22)18(4)24-20-9-6-7-10-20;1-2-4-5-3-1;/h8,11-14,20H,6-7,9-10H2,1-5H3;1-5H2;. The van der Waals surface area contributed by atoms with Crippen molar-refractivity contribution in [2.24, 2.45) is 9.98 Å². The molecule has 0 spiro atoms. The number of aliphatic imine (C=N–C) groups is 2. The van der Waals surface area contributed by atoms with E-state index in [2.05, 4.69) is 45.9 Å². The van der Waals surface area contributed by atoms with Crippen molar-refractivity contribution in [3.05, 3.63) is 58.4 Å². The van der Waals surface area contributed by atoms with Gasteiger partial charge in [-0.25, -0.2) is 4.98 Å². The van der Waals surface area contributed by atoms with Gasteiger partial charge < -0.3 is 0 Å². The number of hydrogen-bond acceptors (Lipinski definition) is 3. The predicted molar refractivity (Wildman–Crippen MR) is 134 cm³/mol. The Morgan fingerprint density at radius 3 is 1.81 bits per heavy atom. The van der Waals surface area contributed by atoms with Gasteiger partial charge in [0.15, 0.2) is 0 Å². The second-order valence-electron chi connectivity index (χ2n) is 9.27. The largest absolute Gasteiger partial charge is 0.284 e. The molecule has 0 radical (unpaired) electrons. The van der Waals surface area contributed by atoms with Gasteiger partial charge in [0.1, 0.15) is 0 Å². The normalized spacial score (nSPS) is 17.0. The molecule has 2 saturated carbocycles. The SMILES string of the molecule is C1CCCC1.CC(=Nc1c(C)cc(C)cc1C)c1cccc(C(C)=NC2CCCC2)n1.[Fe]. The molecule has 0 amide bonds. The van der Waals surface area contributed by atoms with Crippen molar-refractivity contribution in [2.45, 2.75) is 98.4 Å². The summed E-state index contributed by atoms with van der Waals surface area (Å²) in [6.45, 7) is 10.5. The molecular weight excluding hydrogens is 434 g/mol. The summed E-state index contributed by atoms with van der Waals surface area (Å²) in [6, 6.07) is 11.0. The van der Waals surface area contributed by atoms with E-state index in [1.54, 1.807) is 0 Å². The number of aryl methyl sites for hydroxylation is 3. The van der Waals surface area contributed by atoms with Crippen LogP contribution >= 0.6 is 0 Å². The molecule has 1 aromatic carbocycles. The number of pyridine rings is 1. The van der Waals surface area contributed by atoms with Crippen molar-refractivity contribution in [2.75, 3.05) is 0 Å². The van der Waals surface area contributed by atoms with Crippen molar-refractivity contribution in [1.29, 1.82) is 0 Å². The number of aromatic nitrogens is 1. The summed E-state index contributed by atoms with van der Waals surface area (Å²) in [6.07, 6.45) is 12.5. The molecule has 2 fully saturated rings. The van der Waals surface area contributed by atoms with Crippen LogP contribution in [0.2, 0.25) is 0 Å². The Labute approximate surface area is 205 Å². The van der Waals surface area contributed by atoms with Gasteiger partial charge in [-0.05, 0) is 70.7 Å². The molecule has 2 aromatic rings. The molecule has 3 nitrogen and oxygen atoms in total. The Morgan fingerprint density at radius 1 is 0.781 bits per heavy atom. The van der Waals surface area contributed by atoms with Crippen LogP contribution in [0.4, 0.5) is 5.69 Å². The maximum Gasteiger partial charge on any atom is 0.0849 e. The van der Waals surface area contributed by atoms with E-state index in [0.717, 1.165) is 28.5 Å². The van der Waals surface area contributed by atoms with Crippen LogP contribution in [-0.4, -0.2) is 22.4 Å². The van der Waals surface area contributed by atoms with Gasteiger partial charge in [-0.15, -0.1) is 0 Å². The maximum absolute atomic E-state index is 4.89. The van der Waals surface area contributed by atoms with Crippen LogP contribution in [0.5, 0.6) is 0 Å². The van der Waals surface area contributed by atoms with E-state index in [4.69, 9.17) is 15.0 Å². The van der Waals surface area contributed by atoms with Gasteiger partial charge in [-0.3, -0.25) is 9.98 Å². The first kappa shape index (κ1) is 26.5. The van der Waals surface area contributed by atoms with Crippen LogP contribution in [0, 0.1) is 20.8 Å². The molecule has 2 aliphatic carbocycles. The molecule has 1 aromatic heterocycles. The maximum atomic E-state index is 4.89. The van der Waals surface area contributed by atoms with Crippen molar-refractivity contribution < 1.29 is 17.1 Å². The van der Waals surface area contributed by atoms with Crippen molar-refractivity contribution >= 4 is 17.1 Å². The molecule has 0 bridgehead atoms. The van der Waals surface area contributed by atoms with E-state index in [1.165, 1.54) is 74.5 Å². The topological polar surface area (TPSA) is 37.6 Å². The summed E-state index contributed by atoms with van der Waals surface area (Å²) >= 11 is 0. The molecule has 0 aliphatic heterocycles. The van der Waals surface area contributed by atoms with Crippen LogP contribution in [0.3, 0.4) is 0 Å². The Morgan fingerprint density at radius 2 is 1.28 bits per heavy atom. The van der Waals surface area contributed by atoms with E-state index < -0.39 is 0 Å². The predicted octanol–water partition coefficient (Wildman–Crippen LogP) is 7.85. The summed E-state index contributed by atoms with van der Waals surface area (Å²) < 4.78 is 0. The first-order valence-corrected chi connectivity index (χ1v) is 12.1. The molecule has 0 unspecified atom stereocenters. The van der Waals surface area contributed by atoms with Crippen LogP contribution in [0.15, 0.2) is 40.3 Å². The van der Waals surface area contributed by atoms with Crippen molar-refractivity contribution in [3.8, 4) is 0 Å². The van der Waals surface area contributed by atoms with Crippen LogP contribution < -0.4 is 0 Å². The van der Waals surface area contributed by atoms with E-state index in [1.807, 2.05) is 19.1 Å². The fourth-order valence-corrected chi connectivity index (χ4v) is 4.67. The molecule has 0 saturated heterocycles. The van der Waals surface area contributed by atoms with E-state index >= 15 is 0 Å². The summed E-state index contributed by atoms with van der Waals surface area (Å²) in [7, 11) is 0. The third-order valence-electron chi connectivity index (χ3n) is 6.36. The summed E-state index contributed by atoms with van der Waals surface area (Å²) in [5.74, 6) is 0. The Kier molecular flexibility index (Phi) is 10.8. The van der Waals surface area contributed by atoms with Crippen LogP contribution in [-0.2, 0) is 17.1 Å². The van der Waals surface area contributed by atoms with Crippen molar-refractivity contribution in [1.82, 2.24) is 4.98 Å². The first-order valence-electron chi connectivity index (χ1n) is 12.1. The average Bonchev–Trinajstić information content (AvgIpc) is 3.47. The number of hydrogen-bond donors (Lipinski definition) is 0. The minimum Gasteiger partial charge on any atom is -0.284 e. The van der Waals surface area contributed by atoms with E-state index in [-0.39, 0.29) is 17.1 Å². The monoisotopic (exact) mass is 473 g/mol. The molecule has 4 rings (SSSR count).